The van der Waals surface area contributed by atoms with Crippen LogP contribution in [0.1, 0.15) is 44.0 Å². The maximum Gasteiger partial charge on any atom is 0.253 e. The molecule has 2 aliphatic rings. The smallest absolute Gasteiger partial charge is 0.253 e. The Bertz CT molecular complexity index is 945. The van der Waals surface area contributed by atoms with Gasteiger partial charge in [-0.2, -0.15) is 4.31 Å². The Labute approximate surface area is 195 Å². The number of carbonyl (C=O) groups excluding carboxylic acids is 2. The Kier molecular flexibility index (Phi) is 8.19. The quantitative estimate of drug-likeness (QED) is 0.667. The van der Waals surface area contributed by atoms with Crippen molar-refractivity contribution in [3.63, 3.8) is 0 Å². The fraction of sp³-hybridized carbons (Fsp3) is 0.636. The van der Waals surface area contributed by atoms with Gasteiger partial charge in [0.15, 0.2) is 0 Å². The van der Waals surface area contributed by atoms with Gasteiger partial charge in [0, 0.05) is 50.9 Å². The SMILES string of the molecule is CC1CCCN(S(=O)(=O)c2cc(C(=O)N3CCN(CC(=O)NC(C)C)CC3)ccc2Cl)C1. The van der Waals surface area contributed by atoms with E-state index in [1.165, 1.54) is 16.4 Å². The topological polar surface area (TPSA) is 90.0 Å². The summed E-state index contributed by atoms with van der Waals surface area (Å²) in [6, 6.07) is 4.56. The van der Waals surface area contributed by atoms with Gasteiger partial charge in [-0.1, -0.05) is 18.5 Å². The van der Waals surface area contributed by atoms with Crippen LogP contribution in [0.2, 0.25) is 5.02 Å². The highest BCUT2D eigenvalue weighted by Crippen LogP contribution is 2.29. The van der Waals surface area contributed by atoms with Gasteiger partial charge in [0.25, 0.3) is 5.91 Å². The fourth-order valence-electron chi connectivity index (χ4n) is 4.20. The monoisotopic (exact) mass is 484 g/mol. The van der Waals surface area contributed by atoms with E-state index in [0.29, 0.717) is 57.3 Å². The number of nitrogens with one attached hydrogen (secondary N) is 1. The highest BCUT2D eigenvalue weighted by Gasteiger charge is 2.31. The molecule has 8 nitrogen and oxygen atoms in total. The number of amides is 2. The minimum absolute atomic E-state index is 0.0110. The van der Waals surface area contributed by atoms with E-state index in [1.807, 2.05) is 25.7 Å². The molecule has 1 atom stereocenters. The van der Waals surface area contributed by atoms with Crippen LogP contribution in [0.25, 0.3) is 0 Å². The molecule has 2 fully saturated rings. The summed E-state index contributed by atoms with van der Waals surface area (Å²) >= 11 is 6.26. The fourth-order valence-corrected chi connectivity index (χ4v) is 6.30. The standard InChI is InChI=1S/C22H33ClN4O4S/c1-16(2)24-21(28)15-25-9-11-26(12-10-25)22(29)18-6-7-19(23)20(13-18)32(30,31)27-8-4-5-17(3)14-27/h6-7,13,16-17H,4-5,8-12,14-15H2,1-3H3,(H,24,28). The van der Waals surface area contributed by atoms with Gasteiger partial charge < -0.3 is 10.2 Å². The van der Waals surface area contributed by atoms with Crippen LogP contribution in [0.3, 0.4) is 0 Å². The molecule has 178 valence electrons. The van der Waals surface area contributed by atoms with Crippen molar-refractivity contribution >= 4 is 33.4 Å². The lowest BCUT2D eigenvalue weighted by atomic mass is 10.0. The second-order valence-corrected chi connectivity index (χ2v) is 11.4. The van der Waals surface area contributed by atoms with Crippen molar-refractivity contribution in [2.75, 3.05) is 45.8 Å². The zero-order valence-corrected chi connectivity index (χ0v) is 20.6. The van der Waals surface area contributed by atoms with Gasteiger partial charge in [0.05, 0.1) is 11.6 Å². The number of carbonyl (C=O) groups is 2. The molecule has 1 unspecified atom stereocenters. The molecule has 0 aliphatic carbocycles. The van der Waals surface area contributed by atoms with Crippen LogP contribution in [0.15, 0.2) is 23.1 Å². The highest BCUT2D eigenvalue weighted by atomic mass is 35.5. The highest BCUT2D eigenvalue weighted by molar-refractivity contribution is 7.89. The lowest BCUT2D eigenvalue weighted by molar-refractivity contribution is -0.123. The molecular weight excluding hydrogens is 452 g/mol. The van der Waals surface area contributed by atoms with Gasteiger partial charge in [0.2, 0.25) is 15.9 Å². The molecule has 0 aromatic heterocycles. The average molecular weight is 485 g/mol. The van der Waals surface area contributed by atoms with Crippen LogP contribution in [-0.2, 0) is 14.8 Å². The maximum atomic E-state index is 13.2. The molecule has 0 spiro atoms. The van der Waals surface area contributed by atoms with Crippen LogP contribution in [-0.4, -0.2) is 86.2 Å². The van der Waals surface area contributed by atoms with Crippen molar-refractivity contribution in [3.05, 3.63) is 28.8 Å². The van der Waals surface area contributed by atoms with Gasteiger partial charge >= 0.3 is 0 Å². The summed E-state index contributed by atoms with van der Waals surface area (Å²) in [5.74, 6) is 0.0387. The van der Waals surface area contributed by atoms with Crippen molar-refractivity contribution in [2.24, 2.45) is 5.92 Å². The third-order valence-electron chi connectivity index (χ3n) is 5.89. The van der Waals surface area contributed by atoms with Crippen molar-refractivity contribution in [1.82, 2.24) is 19.4 Å². The molecule has 1 N–H and O–H groups in total. The Hall–Kier alpha value is -1.68. The molecule has 32 heavy (non-hydrogen) atoms. The average Bonchev–Trinajstić information content (AvgIpc) is 2.73. The van der Waals surface area contributed by atoms with Crippen molar-refractivity contribution in [1.29, 1.82) is 0 Å². The third kappa shape index (κ3) is 6.01. The lowest BCUT2D eigenvalue weighted by Gasteiger charge is -2.34. The predicted octanol–water partition coefficient (Wildman–Crippen LogP) is 2.04. The number of piperazine rings is 1. The van der Waals surface area contributed by atoms with E-state index < -0.39 is 10.0 Å². The van der Waals surface area contributed by atoms with Crippen LogP contribution in [0.4, 0.5) is 0 Å². The first kappa shape index (κ1) is 25.0. The largest absolute Gasteiger partial charge is 0.353 e. The Morgan fingerprint density at radius 1 is 1.16 bits per heavy atom. The number of nitrogens with zero attached hydrogens (tertiary/aromatic N) is 3. The molecule has 0 saturated carbocycles. The minimum atomic E-state index is -3.77. The summed E-state index contributed by atoms with van der Waals surface area (Å²) in [5.41, 5.74) is 0.309. The Morgan fingerprint density at radius 2 is 1.84 bits per heavy atom. The number of sulfonamides is 1. The summed E-state index contributed by atoms with van der Waals surface area (Å²) in [7, 11) is -3.77. The summed E-state index contributed by atoms with van der Waals surface area (Å²) in [4.78, 5) is 28.7. The first-order chi connectivity index (χ1) is 15.1. The number of halogens is 1. The zero-order chi connectivity index (χ0) is 23.5. The second kappa shape index (κ2) is 10.5. The van der Waals surface area contributed by atoms with E-state index >= 15 is 0 Å². The number of hydrogen-bond acceptors (Lipinski definition) is 5. The molecule has 3 rings (SSSR count). The van der Waals surface area contributed by atoms with Gasteiger partial charge in [0.1, 0.15) is 4.90 Å². The second-order valence-electron chi connectivity index (χ2n) is 9.05. The first-order valence-corrected chi connectivity index (χ1v) is 13.0. The molecule has 10 heteroatoms. The van der Waals surface area contributed by atoms with Gasteiger partial charge in [-0.3, -0.25) is 14.5 Å². The van der Waals surface area contributed by atoms with Gasteiger partial charge in [-0.05, 0) is 50.8 Å². The Morgan fingerprint density at radius 3 is 2.47 bits per heavy atom. The van der Waals surface area contributed by atoms with Gasteiger partial charge in [-0.25, -0.2) is 8.42 Å². The molecule has 1 aromatic carbocycles. The molecule has 2 amide bonds. The normalized spacial score (nSPS) is 21.0. The van der Waals surface area contributed by atoms with Gasteiger partial charge in [-0.15, -0.1) is 0 Å². The summed E-state index contributed by atoms with van der Waals surface area (Å²) in [5, 5.41) is 3.00. The number of benzene rings is 1. The van der Waals surface area contributed by atoms with Crippen molar-refractivity contribution in [2.45, 2.75) is 44.6 Å². The van der Waals surface area contributed by atoms with E-state index in [1.54, 1.807) is 11.0 Å². The maximum absolute atomic E-state index is 13.2. The van der Waals surface area contributed by atoms with Crippen LogP contribution in [0.5, 0.6) is 0 Å². The molecule has 0 radical (unpaired) electrons. The lowest BCUT2D eigenvalue weighted by Crippen LogP contribution is -2.51. The molecule has 0 bridgehead atoms. The molecular formula is C22H33ClN4O4S. The summed E-state index contributed by atoms with van der Waals surface area (Å²) < 4.78 is 27.9. The Balaban J connectivity index is 1.68. The van der Waals surface area contributed by atoms with Crippen molar-refractivity contribution < 1.29 is 18.0 Å². The third-order valence-corrected chi connectivity index (χ3v) is 8.24. The van der Waals surface area contributed by atoms with Crippen LogP contribution >= 0.6 is 11.6 Å². The number of hydrogen-bond donors (Lipinski definition) is 1. The summed E-state index contributed by atoms with van der Waals surface area (Å²) in [6.45, 7) is 9.22. The van der Waals surface area contributed by atoms with E-state index in [0.717, 1.165) is 12.8 Å². The number of rotatable bonds is 6. The van der Waals surface area contributed by atoms with Crippen LogP contribution < -0.4 is 5.32 Å². The molecule has 2 aliphatic heterocycles. The predicted molar refractivity (Wildman–Crippen MR) is 124 cm³/mol. The molecule has 2 heterocycles. The summed E-state index contributed by atoms with van der Waals surface area (Å²) in [6.07, 6.45) is 1.82. The zero-order valence-electron chi connectivity index (χ0n) is 19.0. The van der Waals surface area contributed by atoms with Crippen molar-refractivity contribution in [3.8, 4) is 0 Å². The van der Waals surface area contributed by atoms with E-state index in [4.69, 9.17) is 11.6 Å². The van der Waals surface area contributed by atoms with E-state index in [9.17, 15) is 18.0 Å². The molecule has 2 saturated heterocycles. The number of piperidine rings is 1. The molecule has 1 aromatic rings. The van der Waals surface area contributed by atoms with Crippen LogP contribution in [0, 0.1) is 5.92 Å². The van der Waals surface area contributed by atoms with E-state index in [-0.39, 0.29) is 27.8 Å². The van der Waals surface area contributed by atoms with E-state index in [2.05, 4.69) is 5.32 Å². The minimum Gasteiger partial charge on any atom is -0.353 e. The first-order valence-electron chi connectivity index (χ1n) is 11.2.